The van der Waals surface area contributed by atoms with Crippen molar-refractivity contribution in [3.8, 4) is 17.2 Å². The second-order valence-electron chi connectivity index (χ2n) is 6.94. The molecule has 1 aliphatic carbocycles. The minimum absolute atomic E-state index is 0. The van der Waals surface area contributed by atoms with Gasteiger partial charge >= 0.3 is 0 Å². The average Bonchev–Trinajstić information content (AvgIpc) is 3.44. The number of halogens is 1. The van der Waals surface area contributed by atoms with Crippen LogP contribution in [0.15, 0.2) is 12.1 Å². The summed E-state index contributed by atoms with van der Waals surface area (Å²) >= 11 is 0. The third kappa shape index (κ3) is 5.40. The SMILES string of the molecule is COc1cc(CN2CCC(NCC3CC3)CC2)cc(OC)c1OC.Cl. The van der Waals surface area contributed by atoms with Gasteiger partial charge in [-0.1, -0.05) is 0 Å². The molecule has 1 N–H and O–H groups in total. The molecule has 1 aliphatic heterocycles. The summed E-state index contributed by atoms with van der Waals surface area (Å²) in [5.41, 5.74) is 1.20. The zero-order valence-electron chi connectivity index (χ0n) is 15.5. The Bertz CT molecular complexity index is 518. The van der Waals surface area contributed by atoms with Crippen molar-refractivity contribution < 1.29 is 14.2 Å². The summed E-state index contributed by atoms with van der Waals surface area (Å²) < 4.78 is 16.3. The molecule has 1 aromatic rings. The molecular formula is C19H31ClN2O3. The Hall–Kier alpha value is -1.17. The molecule has 0 atom stereocenters. The minimum atomic E-state index is 0. The van der Waals surface area contributed by atoms with Crippen LogP contribution in [0.5, 0.6) is 17.2 Å². The van der Waals surface area contributed by atoms with Gasteiger partial charge < -0.3 is 19.5 Å². The van der Waals surface area contributed by atoms with Crippen molar-refractivity contribution in [1.82, 2.24) is 10.2 Å². The number of likely N-dealkylation sites (tertiary alicyclic amines) is 1. The number of rotatable bonds is 8. The number of nitrogens with zero attached hydrogens (tertiary/aromatic N) is 1. The summed E-state index contributed by atoms with van der Waals surface area (Å²) in [5, 5.41) is 3.74. The van der Waals surface area contributed by atoms with Gasteiger partial charge in [0.25, 0.3) is 0 Å². The van der Waals surface area contributed by atoms with Gasteiger partial charge in [-0.3, -0.25) is 4.90 Å². The second-order valence-corrected chi connectivity index (χ2v) is 6.94. The van der Waals surface area contributed by atoms with Crippen molar-refractivity contribution in [2.75, 3.05) is 41.0 Å². The number of hydrogen-bond acceptors (Lipinski definition) is 5. The van der Waals surface area contributed by atoms with E-state index >= 15 is 0 Å². The van der Waals surface area contributed by atoms with Crippen molar-refractivity contribution in [3.63, 3.8) is 0 Å². The number of ether oxygens (including phenoxy) is 3. The Labute approximate surface area is 157 Å². The summed E-state index contributed by atoms with van der Waals surface area (Å²) in [6, 6.07) is 4.80. The maximum absolute atomic E-state index is 5.45. The van der Waals surface area contributed by atoms with Gasteiger partial charge in [-0.25, -0.2) is 0 Å². The van der Waals surface area contributed by atoms with Gasteiger partial charge in [0.05, 0.1) is 21.3 Å². The smallest absolute Gasteiger partial charge is 0.203 e. The normalized spacial score (nSPS) is 18.5. The summed E-state index contributed by atoms with van der Waals surface area (Å²) in [6.45, 7) is 4.42. The van der Waals surface area contributed by atoms with Crippen molar-refractivity contribution in [2.24, 2.45) is 5.92 Å². The molecule has 142 valence electrons. The Balaban J connectivity index is 0.00000225. The molecule has 0 amide bonds. The highest BCUT2D eigenvalue weighted by atomic mass is 35.5. The molecule has 0 radical (unpaired) electrons. The summed E-state index contributed by atoms with van der Waals surface area (Å²) in [4.78, 5) is 2.51. The van der Waals surface area contributed by atoms with E-state index < -0.39 is 0 Å². The van der Waals surface area contributed by atoms with Crippen molar-refractivity contribution in [3.05, 3.63) is 17.7 Å². The van der Waals surface area contributed by atoms with Gasteiger partial charge in [0, 0.05) is 12.6 Å². The fourth-order valence-corrected chi connectivity index (χ4v) is 3.44. The summed E-state index contributed by atoms with van der Waals surface area (Å²) in [7, 11) is 4.97. The van der Waals surface area contributed by atoms with E-state index in [0.29, 0.717) is 11.8 Å². The molecule has 2 aliphatic rings. The van der Waals surface area contributed by atoms with Crippen LogP contribution in [0.25, 0.3) is 0 Å². The Morgan fingerprint density at radius 3 is 2.04 bits per heavy atom. The van der Waals surface area contributed by atoms with E-state index in [4.69, 9.17) is 14.2 Å². The molecule has 25 heavy (non-hydrogen) atoms. The molecular weight excluding hydrogens is 340 g/mol. The van der Waals surface area contributed by atoms with Gasteiger partial charge in [0.2, 0.25) is 5.75 Å². The fourth-order valence-electron chi connectivity index (χ4n) is 3.44. The number of nitrogens with one attached hydrogen (secondary N) is 1. The fraction of sp³-hybridized carbons (Fsp3) is 0.684. The number of methoxy groups -OCH3 is 3. The molecule has 0 bridgehead atoms. The monoisotopic (exact) mass is 370 g/mol. The molecule has 1 heterocycles. The van der Waals surface area contributed by atoms with E-state index in [2.05, 4.69) is 22.3 Å². The lowest BCUT2D eigenvalue weighted by Crippen LogP contribution is -2.42. The van der Waals surface area contributed by atoms with E-state index in [-0.39, 0.29) is 12.4 Å². The molecule has 6 heteroatoms. The van der Waals surface area contributed by atoms with Gasteiger partial charge in [0.1, 0.15) is 0 Å². The Morgan fingerprint density at radius 2 is 1.56 bits per heavy atom. The van der Waals surface area contributed by atoms with Crippen LogP contribution in [0.1, 0.15) is 31.2 Å². The highest BCUT2D eigenvalue weighted by Crippen LogP contribution is 2.38. The zero-order valence-corrected chi connectivity index (χ0v) is 16.4. The maximum Gasteiger partial charge on any atom is 0.203 e. The van der Waals surface area contributed by atoms with Crippen LogP contribution in [0, 0.1) is 5.92 Å². The predicted molar refractivity (Wildman–Crippen MR) is 102 cm³/mol. The third-order valence-corrected chi connectivity index (χ3v) is 5.11. The van der Waals surface area contributed by atoms with Crippen LogP contribution in [-0.2, 0) is 6.54 Å². The molecule has 0 unspecified atom stereocenters. The number of benzene rings is 1. The third-order valence-electron chi connectivity index (χ3n) is 5.11. The van der Waals surface area contributed by atoms with Crippen LogP contribution < -0.4 is 19.5 Å². The first-order valence-corrected chi connectivity index (χ1v) is 8.98. The molecule has 3 rings (SSSR count). The van der Waals surface area contributed by atoms with Gasteiger partial charge in [0.15, 0.2) is 11.5 Å². The number of piperidine rings is 1. The quantitative estimate of drug-likeness (QED) is 0.761. The maximum atomic E-state index is 5.45. The van der Waals surface area contributed by atoms with Gasteiger partial charge in [-0.15, -0.1) is 12.4 Å². The van der Waals surface area contributed by atoms with E-state index in [1.807, 2.05) is 0 Å². The van der Waals surface area contributed by atoms with E-state index in [9.17, 15) is 0 Å². The molecule has 1 saturated carbocycles. The highest BCUT2D eigenvalue weighted by molar-refractivity contribution is 5.85. The molecule has 0 spiro atoms. The summed E-state index contributed by atoms with van der Waals surface area (Å²) in [5.74, 6) is 3.08. The predicted octanol–water partition coefficient (Wildman–Crippen LogP) is 3.10. The van der Waals surface area contributed by atoms with E-state index in [0.717, 1.165) is 37.1 Å². The van der Waals surface area contributed by atoms with Crippen LogP contribution in [0.2, 0.25) is 0 Å². The molecule has 5 nitrogen and oxygen atoms in total. The lowest BCUT2D eigenvalue weighted by atomic mass is 10.0. The van der Waals surface area contributed by atoms with E-state index in [1.165, 1.54) is 37.8 Å². The van der Waals surface area contributed by atoms with Gasteiger partial charge in [-0.05, 0) is 68.9 Å². The molecule has 2 fully saturated rings. The first kappa shape index (κ1) is 20.1. The van der Waals surface area contributed by atoms with Crippen molar-refractivity contribution in [2.45, 2.75) is 38.3 Å². The second kappa shape index (κ2) is 9.51. The molecule has 0 aromatic heterocycles. The van der Waals surface area contributed by atoms with Crippen LogP contribution in [0.3, 0.4) is 0 Å². The lowest BCUT2D eigenvalue weighted by Gasteiger charge is -2.32. The minimum Gasteiger partial charge on any atom is -0.493 e. The van der Waals surface area contributed by atoms with E-state index in [1.54, 1.807) is 21.3 Å². The highest BCUT2D eigenvalue weighted by Gasteiger charge is 2.24. The van der Waals surface area contributed by atoms with Crippen molar-refractivity contribution >= 4 is 12.4 Å². The summed E-state index contributed by atoms with van der Waals surface area (Å²) in [6.07, 6.45) is 5.31. The first-order chi connectivity index (χ1) is 11.7. The zero-order chi connectivity index (χ0) is 16.9. The van der Waals surface area contributed by atoms with Crippen molar-refractivity contribution in [1.29, 1.82) is 0 Å². The Morgan fingerprint density at radius 1 is 0.960 bits per heavy atom. The van der Waals surface area contributed by atoms with Crippen LogP contribution >= 0.6 is 12.4 Å². The first-order valence-electron chi connectivity index (χ1n) is 8.98. The largest absolute Gasteiger partial charge is 0.493 e. The molecule has 1 aromatic carbocycles. The average molecular weight is 371 g/mol. The molecule has 1 saturated heterocycles. The topological polar surface area (TPSA) is 43.0 Å². The van der Waals surface area contributed by atoms with Crippen LogP contribution in [0.4, 0.5) is 0 Å². The van der Waals surface area contributed by atoms with Crippen LogP contribution in [-0.4, -0.2) is 51.9 Å². The number of hydrogen-bond donors (Lipinski definition) is 1. The standard InChI is InChI=1S/C19H30N2O3.ClH/c1-22-17-10-15(11-18(23-2)19(17)24-3)13-21-8-6-16(7-9-21)20-12-14-4-5-14;/h10-11,14,16,20H,4-9,12-13H2,1-3H3;1H. The van der Waals surface area contributed by atoms with Gasteiger partial charge in [-0.2, -0.15) is 0 Å². The lowest BCUT2D eigenvalue weighted by molar-refractivity contribution is 0.189. The Kier molecular flexibility index (Phi) is 7.66.